The molecular formula is C20H19N5O2S. The summed E-state index contributed by atoms with van der Waals surface area (Å²) in [5, 5.41) is 5.97. The van der Waals surface area contributed by atoms with Crippen molar-refractivity contribution < 1.29 is 9.32 Å². The second-order valence-corrected chi connectivity index (χ2v) is 7.19. The second-order valence-electron chi connectivity index (χ2n) is 6.24. The fraction of sp³-hybridized carbons (Fsp3) is 0.200. The first-order valence-corrected chi connectivity index (χ1v) is 9.81. The van der Waals surface area contributed by atoms with E-state index in [4.69, 9.17) is 4.52 Å². The fourth-order valence-corrected chi connectivity index (χ4v) is 3.49. The Morgan fingerprint density at radius 2 is 2.11 bits per heavy atom. The van der Waals surface area contributed by atoms with Crippen LogP contribution in [0.15, 0.2) is 65.0 Å². The van der Waals surface area contributed by atoms with Crippen molar-refractivity contribution in [1.82, 2.24) is 24.6 Å². The van der Waals surface area contributed by atoms with Gasteiger partial charge in [0.2, 0.25) is 11.7 Å². The van der Waals surface area contributed by atoms with Gasteiger partial charge in [-0.05, 0) is 36.1 Å². The number of amides is 1. The third-order valence-electron chi connectivity index (χ3n) is 4.33. The van der Waals surface area contributed by atoms with Crippen LogP contribution in [0.3, 0.4) is 0 Å². The van der Waals surface area contributed by atoms with Crippen LogP contribution >= 0.6 is 11.3 Å². The Balaban J connectivity index is 1.43. The predicted octanol–water partition coefficient (Wildman–Crippen LogP) is 3.71. The van der Waals surface area contributed by atoms with Gasteiger partial charge >= 0.3 is 0 Å². The molecule has 4 aromatic rings. The van der Waals surface area contributed by atoms with Gasteiger partial charge in [-0.15, -0.1) is 11.3 Å². The number of aromatic nitrogens is 4. The maximum atomic E-state index is 12.9. The molecular weight excluding hydrogens is 374 g/mol. The molecule has 3 aromatic heterocycles. The molecule has 0 saturated carbocycles. The molecule has 0 bridgehead atoms. The van der Waals surface area contributed by atoms with Crippen LogP contribution in [-0.2, 0) is 13.1 Å². The summed E-state index contributed by atoms with van der Waals surface area (Å²) in [5.74, 6) is 0.917. The normalized spacial score (nSPS) is 10.9. The third-order valence-corrected chi connectivity index (χ3v) is 5.20. The van der Waals surface area contributed by atoms with Gasteiger partial charge in [-0.1, -0.05) is 23.4 Å². The molecule has 0 aliphatic heterocycles. The lowest BCUT2D eigenvalue weighted by atomic mass is 10.1. The number of hydrogen-bond acceptors (Lipinski definition) is 6. The minimum Gasteiger partial charge on any atom is -0.337 e. The van der Waals surface area contributed by atoms with Crippen molar-refractivity contribution in [3.05, 3.63) is 77.5 Å². The van der Waals surface area contributed by atoms with Crippen LogP contribution in [0, 0.1) is 0 Å². The second kappa shape index (κ2) is 8.18. The largest absolute Gasteiger partial charge is 0.337 e. The Labute approximate surface area is 166 Å². The van der Waals surface area contributed by atoms with Crippen LogP contribution in [0.1, 0.15) is 28.7 Å². The van der Waals surface area contributed by atoms with Crippen LogP contribution in [-0.4, -0.2) is 37.0 Å². The van der Waals surface area contributed by atoms with Crippen LogP contribution in [0.5, 0.6) is 0 Å². The highest BCUT2D eigenvalue weighted by Crippen LogP contribution is 2.22. The van der Waals surface area contributed by atoms with Crippen molar-refractivity contribution in [3.8, 4) is 10.7 Å². The van der Waals surface area contributed by atoms with Crippen LogP contribution in [0.4, 0.5) is 0 Å². The van der Waals surface area contributed by atoms with Crippen molar-refractivity contribution >= 4 is 17.2 Å². The zero-order valence-electron chi connectivity index (χ0n) is 15.4. The first-order chi connectivity index (χ1) is 13.7. The summed E-state index contributed by atoms with van der Waals surface area (Å²) in [6, 6.07) is 11.5. The number of imidazole rings is 1. The molecule has 8 heteroatoms. The summed E-state index contributed by atoms with van der Waals surface area (Å²) in [6.45, 7) is 3.48. The number of thiophene rings is 1. The first-order valence-electron chi connectivity index (χ1n) is 8.93. The lowest BCUT2D eigenvalue weighted by Crippen LogP contribution is -2.30. The van der Waals surface area contributed by atoms with E-state index in [-0.39, 0.29) is 12.5 Å². The molecule has 4 rings (SSSR count). The maximum absolute atomic E-state index is 12.9. The molecule has 1 aromatic carbocycles. The Kier molecular flexibility index (Phi) is 5.29. The van der Waals surface area contributed by atoms with Crippen LogP contribution in [0.25, 0.3) is 10.7 Å². The summed E-state index contributed by atoms with van der Waals surface area (Å²) in [7, 11) is 0. The summed E-state index contributed by atoms with van der Waals surface area (Å²) < 4.78 is 7.31. The molecule has 0 fully saturated rings. The Morgan fingerprint density at radius 1 is 1.25 bits per heavy atom. The summed E-state index contributed by atoms with van der Waals surface area (Å²) >= 11 is 1.55. The predicted molar refractivity (Wildman–Crippen MR) is 106 cm³/mol. The van der Waals surface area contributed by atoms with E-state index in [9.17, 15) is 4.79 Å². The molecule has 0 saturated heterocycles. The molecule has 0 spiro atoms. The number of carbonyl (C=O) groups excluding carboxylic acids is 1. The third kappa shape index (κ3) is 4.01. The topological polar surface area (TPSA) is 77.0 Å². The Bertz CT molecular complexity index is 1020. The molecule has 3 heterocycles. The van der Waals surface area contributed by atoms with Crippen LogP contribution in [0.2, 0.25) is 0 Å². The van der Waals surface area contributed by atoms with E-state index < -0.39 is 0 Å². The van der Waals surface area contributed by atoms with E-state index in [2.05, 4.69) is 15.1 Å². The van der Waals surface area contributed by atoms with Gasteiger partial charge in [0.05, 0.1) is 11.2 Å². The van der Waals surface area contributed by atoms with E-state index in [1.165, 1.54) is 0 Å². The number of benzene rings is 1. The minimum absolute atomic E-state index is 0.0624. The number of carbonyl (C=O) groups is 1. The van der Waals surface area contributed by atoms with Crippen molar-refractivity contribution in [2.45, 2.75) is 20.0 Å². The SMILES string of the molecule is CCN(Cc1nc(-c2cccs2)no1)C(=O)c1ccc(Cn2ccnc2)cc1. The highest BCUT2D eigenvalue weighted by atomic mass is 32.1. The molecule has 0 aliphatic rings. The van der Waals surface area contributed by atoms with E-state index in [1.807, 2.05) is 59.5 Å². The zero-order chi connectivity index (χ0) is 19.3. The van der Waals surface area contributed by atoms with Gasteiger partial charge in [0.15, 0.2) is 0 Å². The van der Waals surface area contributed by atoms with E-state index in [0.717, 1.165) is 17.0 Å². The lowest BCUT2D eigenvalue weighted by molar-refractivity contribution is 0.0734. The Morgan fingerprint density at radius 3 is 2.79 bits per heavy atom. The summed E-state index contributed by atoms with van der Waals surface area (Å²) in [4.78, 5) is 23.9. The average Bonchev–Trinajstić information content (AvgIpc) is 3.48. The molecule has 7 nitrogen and oxygen atoms in total. The van der Waals surface area contributed by atoms with Gasteiger partial charge in [-0.3, -0.25) is 4.79 Å². The van der Waals surface area contributed by atoms with Crippen molar-refractivity contribution in [2.75, 3.05) is 6.54 Å². The fourth-order valence-electron chi connectivity index (χ4n) is 2.84. The van der Waals surface area contributed by atoms with E-state index >= 15 is 0 Å². The standard InChI is InChI=1S/C20H19N5O2S/c1-2-25(13-18-22-19(23-27-18)17-4-3-11-28-17)20(26)16-7-5-15(6-8-16)12-24-10-9-21-14-24/h3-11,14H,2,12-13H2,1H3. The smallest absolute Gasteiger partial charge is 0.254 e. The maximum Gasteiger partial charge on any atom is 0.254 e. The highest BCUT2D eigenvalue weighted by molar-refractivity contribution is 7.13. The van der Waals surface area contributed by atoms with Gasteiger partial charge in [0.25, 0.3) is 5.91 Å². The van der Waals surface area contributed by atoms with Crippen LogP contribution < -0.4 is 0 Å². The van der Waals surface area contributed by atoms with Gasteiger partial charge in [0, 0.05) is 31.0 Å². The molecule has 0 radical (unpaired) electrons. The molecule has 28 heavy (non-hydrogen) atoms. The van der Waals surface area contributed by atoms with Gasteiger partial charge in [-0.2, -0.15) is 4.98 Å². The number of nitrogens with zero attached hydrogens (tertiary/aromatic N) is 5. The van der Waals surface area contributed by atoms with Crippen molar-refractivity contribution in [1.29, 1.82) is 0 Å². The van der Waals surface area contributed by atoms with Gasteiger partial charge in [0.1, 0.15) is 6.54 Å². The van der Waals surface area contributed by atoms with Gasteiger partial charge < -0.3 is 14.0 Å². The van der Waals surface area contributed by atoms with Gasteiger partial charge in [-0.25, -0.2) is 4.98 Å². The zero-order valence-corrected chi connectivity index (χ0v) is 16.2. The van der Waals surface area contributed by atoms with E-state index in [0.29, 0.717) is 23.8 Å². The molecule has 0 atom stereocenters. The highest BCUT2D eigenvalue weighted by Gasteiger charge is 2.18. The Hall–Kier alpha value is -3.26. The monoisotopic (exact) mass is 393 g/mol. The number of hydrogen-bond donors (Lipinski definition) is 0. The van der Waals surface area contributed by atoms with Crippen molar-refractivity contribution in [2.24, 2.45) is 0 Å². The minimum atomic E-state index is -0.0624. The summed E-state index contributed by atoms with van der Waals surface area (Å²) in [5.41, 5.74) is 1.74. The first kappa shape index (κ1) is 18.1. The average molecular weight is 393 g/mol. The summed E-state index contributed by atoms with van der Waals surface area (Å²) in [6.07, 6.45) is 5.43. The van der Waals surface area contributed by atoms with Crippen molar-refractivity contribution in [3.63, 3.8) is 0 Å². The number of rotatable bonds is 7. The lowest BCUT2D eigenvalue weighted by Gasteiger charge is -2.19. The quantitative estimate of drug-likeness (QED) is 0.478. The molecule has 0 unspecified atom stereocenters. The molecule has 0 aliphatic carbocycles. The van der Waals surface area contributed by atoms with E-state index in [1.54, 1.807) is 28.8 Å². The molecule has 0 N–H and O–H groups in total. The molecule has 142 valence electrons. The molecule has 1 amide bonds.